The zero-order valence-corrected chi connectivity index (χ0v) is 16.9. The van der Waals surface area contributed by atoms with Crippen LogP contribution in [0.4, 0.5) is 17.3 Å². The summed E-state index contributed by atoms with van der Waals surface area (Å²) in [6, 6.07) is 5.15. The van der Waals surface area contributed by atoms with Gasteiger partial charge >= 0.3 is 0 Å². The number of rotatable bonds is 6. The third-order valence-corrected chi connectivity index (χ3v) is 5.35. The number of methoxy groups -OCH3 is 1. The van der Waals surface area contributed by atoms with Crippen LogP contribution in [0.1, 0.15) is 36.0 Å². The lowest BCUT2D eigenvalue weighted by Crippen LogP contribution is -2.40. The summed E-state index contributed by atoms with van der Waals surface area (Å²) in [6.07, 6.45) is 6.97. The van der Waals surface area contributed by atoms with Crippen molar-refractivity contribution in [2.75, 3.05) is 24.8 Å². The Morgan fingerprint density at radius 3 is 3.00 bits per heavy atom. The Morgan fingerprint density at radius 2 is 2.23 bits per heavy atom. The smallest absolute Gasteiger partial charge is 0.271 e. The molecule has 1 saturated carbocycles. The Balaban J connectivity index is 1.63. The van der Waals surface area contributed by atoms with Crippen molar-refractivity contribution in [2.45, 2.75) is 37.8 Å². The van der Waals surface area contributed by atoms with E-state index in [9.17, 15) is 9.59 Å². The SMILES string of the molecule is CNc1cc(Nc2ccc[nH]c2=O)nc2c(C(=O)NC3CCC[C@H](OC)C3)cnn12. The molecule has 1 amide bonds. The van der Waals surface area contributed by atoms with Crippen LogP contribution in [-0.4, -0.2) is 51.8 Å². The van der Waals surface area contributed by atoms with Crippen LogP contribution in [0.2, 0.25) is 0 Å². The van der Waals surface area contributed by atoms with Gasteiger partial charge in [0, 0.05) is 32.5 Å². The van der Waals surface area contributed by atoms with Gasteiger partial charge in [0.15, 0.2) is 5.65 Å². The minimum absolute atomic E-state index is 0.0547. The minimum atomic E-state index is -0.262. The molecule has 1 unspecified atom stereocenters. The zero-order valence-electron chi connectivity index (χ0n) is 16.9. The minimum Gasteiger partial charge on any atom is -0.381 e. The van der Waals surface area contributed by atoms with Gasteiger partial charge < -0.3 is 25.7 Å². The number of carbonyl (C=O) groups is 1. The molecule has 3 aromatic heterocycles. The number of ether oxygens (including phenoxy) is 1. The molecule has 1 fully saturated rings. The highest BCUT2D eigenvalue weighted by molar-refractivity contribution is 6.00. The van der Waals surface area contributed by atoms with Crippen LogP contribution in [0.25, 0.3) is 5.65 Å². The average Bonchev–Trinajstić information content (AvgIpc) is 3.19. The Hall–Kier alpha value is -3.40. The number of hydrogen-bond donors (Lipinski definition) is 4. The van der Waals surface area contributed by atoms with E-state index in [-0.39, 0.29) is 23.6 Å². The molecule has 0 spiro atoms. The van der Waals surface area contributed by atoms with E-state index in [2.05, 4.69) is 31.0 Å². The summed E-state index contributed by atoms with van der Waals surface area (Å²) in [5.74, 6) is 0.831. The largest absolute Gasteiger partial charge is 0.381 e. The third-order valence-electron chi connectivity index (χ3n) is 5.35. The van der Waals surface area contributed by atoms with Crippen LogP contribution in [0.5, 0.6) is 0 Å². The second-order valence-corrected chi connectivity index (χ2v) is 7.30. The highest BCUT2D eigenvalue weighted by atomic mass is 16.5. The van der Waals surface area contributed by atoms with Crippen molar-refractivity contribution in [1.29, 1.82) is 0 Å². The van der Waals surface area contributed by atoms with Crippen LogP contribution in [0.15, 0.2) is 35.4 Å². The molecule has 30 heavy (non-hydrogen) atoms. The van der Waals surface area contributed by atoms with E-state index in [4.69, 9.17) is 4.74 Å². The first-order chi connectivity index (χ1) is 14.6. The molecule has 0 bridgehead atoms. The number of nitrogens with zero attached hydrogens (tertiary/aromatic N) is 3. The summed E-state index contributed by atoms with van der Waals surface area (Å²) < 4.78 is 7.02. The molecule has 158 valence electrons. The van der Waals surface area contributed by atoms with Crippen LogP contribution in [-0.2, 0) is 4.74 Å². The van der Waals surface area contributed by atoms with Gasteiger partial charge in [0.05, 0.1) is 12.3 Å². The second kappa shape index (κ2) is 8.54. The summed E-state index contributed by atoms with van der Waals surface area (Å²) >= 11 is 0. The Bertz CT molecular complexity index is 1110. The maximum atomic E-state index is 13.0. The normalized spacial score (nSPS) is 18.9. The molecule has 3 heterocycles. The maximum absolute atomic E-state index is 13.0. The molecule has 10 heteroatoms. The predicted molar refractivity (Wildman–Crippen MR) is 113 cm³/mol. The fourth-order valence-electron chi connectivity index (χ4n) is 3.78. The molecule has 4 rings (SSSR count). The second-order valence-electron chi connectivity index (χ2n) is 7.30. The van der Waals surface area contributed by atoms with Gasteiger partial charge in [-0.05, 0) is 37.8 Å². The highest BCUT2D eigenvalue weighted by Crippen LogP contribution is 2.23. The molecule has 3 aromatic rings. The number of amides is 1. The van der Waals surface area contributed by atoms with Crippen LogP contribution < -0.4 is 21.5 Å². The number of aromatic amines is 1. The molecule has 1 aliphatic rings. The number of carbonyl (C=O) groups excluding carboxylic acids is 1. The molecule has 0 saturated heterocycles. The number of hydrogen-bond acceptors (Lipinski definition) is 7. The topological polar surface area (TPSA) is 125 Å². The van der Waals surface area contributed by atoms with Crippen molar-refractivity contribution in [2.24, 2.45) is 0 Å². The van der Waals surface area contributed by atoms with Gasteiger partial charge in [-0.25, -0.2) is 4.98 Å². The van der Waals surface area contributed by atoms with Crippen molar-refractivity contribution >= 4 is 28.9 Å². The van der Waals surface area contributed by atoms with E-state index in [1.54, 1.807) is 43.1 Å². The van der Waals surface area contributed by atoms with Crippen molar-refractivity contribution in [3.05, 3.63) is 46.5 Å². The lowest BCUT2D eigenvalue weighted by molar-refractivity contribution is 0.0563. The molecule has 0 aliphatic heterocycles. The monoisotopic (exact) mass is 411 g/mol. The summed E-state index contributed by atoms with van der Waals surface area (Å²) in [7, 11) is 3.46. The van der Waals surface area contributed by atoms with E-state index in [1.807, 2.05) is 0 Å². The fraction of sp³-hybridized carbons (Fsp3) is 0.400. The highest BCUT2D eigenvalue weighted by Gasteiger charge is 2.25. The average molecular weight is 411 g/mol. The van der Waals surface area contributed by atoms with Crippen molar-refractivity contribution < 1.29 is 9.53 Å². The molecule has 0 radical (unpaired) electrons. The molecular formula is C20H25N7O3. The van der Waals surface area contributed by atoms with E-state index in [0.29, 0.717) is 28.5 Å². The van der Waals surface area contributed by atoms with Crippen molar-refractivity contribution in [3.63, 3.8) is 0 Å². The van der Waals surface area contributed by atoms with Crippen LogP contribution in [0.3, 0.4) is 0 Å². The number of fused-ring (bicyclic) bond motifs is 1. The fourth-order valence-corrected chi connectivity index (χ4v) is 3.78. The summed E-state index contributed by atoms with van der Waals surface area (Å²) in [5, 5.41) is 13.4. The van der Waals surface area contributed by atoms with Crippen molar-refractivity contribution in [1.82, 2.24) is 24.9 Å². The molecule has 0 aromatic carbocycles. The first-order valence-electron chi connectivity index (χ1n) is 9.94. The lowest BCUT2D eigenvalue weighted by atomic mass is 9.92. The number of aromatic nitrogens is 4. The van der Waals surface area contributed by atoms with E-state index in [1.165, 1.54) is 6.20 Å². The summed E-state index contributed by atoms with van der Waals surface area (Å²) in [4.78, 5) is 32.1. The summed E-state index contributed by atoms with van der Waals surface area (Å²) in [5.41, 5.74) is 0.862. The molecule has 4 N–H and O–H groups in total. The quantitative estimate of drug-likeness (QED) is 0.488. The zero-order chi connectivity index (χ0) is 21.1. The van der Waals surface area contributed by atoms with E-state index < -0.39 is 0 Å². The predicted octanol–water partition coefficient (Wildman–Crippen LogP) is 1.89. The lowest BCUT2D eigenvalue weighted by Gasteiger charge is -2.28. The number of anilines is 3. The van der Waals surface area contributed by atoms with E-state index in [0.717, 1.165) is 25.7 Å². The number of nitrogens with one attached hydrogen (secondary N) is 4. The van der Waals surface area contributed by atoms with Gasteiger partial charge in [0.2, 0.25) is 0 Å². The van der Waals surface area contributed by atoms with Crippen molar-refractivity contribution in [3.8, 4) is 0 Å². The van der Waals surface area contributed by atoms with Gasteiger partial charge in [-0.15, -0.1) is 0 Å². The van der Waals surface area contributed by atoms with Gasteiger partial charge in [-0.1, -0.05) is 0 Å². The Morgan fingerprint density at radius 1 is 1.37 bits per heavy atom. The van der Waals surface area contributed by atoms with Gasteiger partial charge in [-0.2, -0.15) is 9.61 Å². The first-order valence-corrected chi connectivity index (χ1v) is 9.94. The molecule has 2 atom stereocenters. The molecule has 1 aliphatic carbocycles. The first kappa shape index (κ1) is 19.9. The number of pyridine rings is 1. The van der Waals surface area contributed by atoms with E-state index >= 15 is 0 Å². The van der Waals surface area contributed by atoms with Gasteiger partial charge in [-0.3, -0.25) is 9.59 Å². The van der Waals surface area contributed by atoms with Crippen LogP contribution in [0, 0.1) is 0 Å². The number of H-pyrrole nitrogens is 1. The standard InChI is InChI=1S/C20H25N7O3/c1-21-17-10-16(25-15-7-4-8-22-20(15)29)26-18-14(11-23-27(17)18)19(28)24-12-5-3-6-13(9-12)30-2/h4,7-8,10-13,21H,3,5-6,9H2,1-2H3,(H,22,29)(H,24,28)(H,25,26)/t12?,13-/m0/s1. The van der Waals surface area contributed by atoms with Crippen LogP contribution >= 0.6 is 0 Å². The maximum Gasteiger partial charge on any atom is 0.271 e. The van der Waals surface area contributed by atoms with Gasteiger partial charge in [0.25, 0.3) is 11.5 Å². The Kier molecular flexibility index (Phi) is 5.66. The third kappa shape index (κ3) is 3.99. The Labute approximate surface area is 173 Å². The van der Waals surface area contributed by atoms with Gasteiger partial charge in [0.1, 0.15) is 22.9 Å². The summed E-state index contributed by atoms with van der Waals surface area (Å²) in [6.45, 7) is 0. The molecular weight excluding hydrogens is 386 g/mol. The molecule has 10 nitrogen and oxygen atoms in total.